The van der Waals surface area contributed by atoms with E-state index < -0.39 is 0 Å². The Bertz CT molecular complexity index is 513. The highest BCUT2D eigenvalue weighted by atomic mass is 16.1. The smallest absolute Gasteiger partial charge is 0.166 e. The van der Waals surface area contributed by atoms with Crippen LogP contribution in [0.2, 0.25) is 0 Å². The number of hydrogen-bond acceptors (Lipinski definition) is 3. The molecule has 0 spiro atoms. The first kappa shape index (κ1) is 13.6. The quantitative estimate of drug-likeness (QED) is 0.839. The number of carbonyl (C=O) groups is 2. The molecule has 1 saturated heterocycles. The molecule has 0 radical (unpaired) electrons. The first-order chi connectivity index (χ1) is 9.79. The van der Waals surface area contributed by atoms with Gasteiger partial charge in [0, 0.05) is 17.7 Å². The summed E-state index contributed by atoms with van der Waals surface area (Å²) in [6.45, 7) is 3.47. The van der Waals surface area contributed by atoms with E-state index >= 15 is 0 Å². The monoisotopic (exact) mass is 274 g/mol. The van der Waals surface area contributed by atoms with Crippen LogP contribution in [-0.4, -0.2) is 41.6 Å². The number of aryl methyl sites for hydroxylation is 1. The van der Waals surface area contributed by atoms with Crippen molar-refractivity contribution in [3.05, 3.63) is 22.5 Å². The summed E-state index contributed by atoms with van der Waals surface area (Å²) in [6, 6.07) is 0. The number of aromatic amines is 1. The summed E-state index contributed by atoms with van der Waals surface area (Å²) < 4.78 is 0. The molecule has 1 N–H and O–H groups in total. The van der Waals surface area contributed by atoms with Gasteiger partial charge in [-0.2, -0.15) is 0 Å². The van der Waals surface area contributed by atoms with Gasteiger partial charge in [-0.15, -0.1) is 0 Å². The summed E-state index contributed by atoms with van der Waals surface area (Å²) in [6.07, 6.45) is 7.76. The minimum absolute atomic E-state index is 0.215. The molecule has 0 amide bonds. The molecule has 2 heterocycles. The van der Waals surface area contributed by atoms with Crippen molar-refractivity contribution in [1.29, 1.82) is 0 Å². The van der Waals surface area contributed by atoms with Crippen molar-refractivity contribution in [3.63, 3.8) is 0 Å². The molecule has 0 aromatic carbocycles. The minimum Gasteiger partial charge on any atom is -0.355 e. The van der Waals surface area contributed by atoms with Gasteiger partial charge in [0.15, 0.2) is 12.1 Å². The Morgan fingerprint density at radius 3 is 2.70 bits per heavy atom. The number of carbonyl (C=O) groups excluding carboxylic acids is 2. The Morgan fingerprint density at radius 2 is 1.95 bits per heavy atom. The highest BCUT2D eigenvalue weighted by Gasteiger charge is 2.25. The highest BCUT2D eigenvalue weighted by Crippen LogP contribution is 2.27. The molecule has 0 bridgehead atoms. The lowest BCUT2D eigenvalue weighted by molar-refractivity contribution is 0.0971. The van der Waals surface area contributed by atoms with E-state index in [2.05, 4.69) is 9.88 Å². The van der Waals surface area contributed by atoms with E-state index in [-0.39, 0.29) is 5.78 Å². The van der Waals surface area contributed by atoms with Gasteiger partial charge in [0.2, 0.25) is 0 Å². The van der Waals surface area contributed by atoms with E-state index in [9.17, 15) is 9.59 Å². The second-order valence-electron chi connectivity index (χ2n) is 5.92. The maximum atomic E-state index is 12.1. The van der Waals surface area contributed by atoms with Crippen molar-refractivity contribution in [1.82, 2.24) is 9.88 Å². The Balaban J connectivity index is 1.72. The normalized spacial score (nSPS) is 19.3. The van der Waals surface area contributed by atoms with Gasteiger partial charge in [0.05, 0.1) is 5.69 Å². The predicted octanol–water partition coefficient (Wildman–Crippen LogP) is 2.37. The molecule has 0 saturated carbocycles. The molecule has 4 heteroatoms. The molecule has 1 aliphatic carbocycles. The number of aromatic nitrogens is 1. The van der Waals surface area contributed by atoms with Crippen LogP contribution < -0.4 is 0 Å². The summed E-state index contributed by atoms with van der Waals surface area (Å²) >= 11 is 0. The molecular weight excluding hydrogens is 252 g/mol. The van der Waals surface area contributed by atoms with E-state index in [4.69, 9.17) is 0 Å². The topological polar surface area (TPSA) is 53.2 Å². The van der Waals surface area contributed by atoms with Crippen molar-refractivity contribution < 1.29 is 9.59 Å². The van der Waals surface area contributed by atoms with Crippen LogP contribution in [0.1, 0.15) is 64.2 Å². The Morgan fingerprint density at radius 1 is 1.15 bits per heavy atom. The van der Waals surface area contributed by atoms with Crippen LogP contribution in [0, 0.1) is 0 Å². The maximum absolute atomic E-state index is 12.1. The van der Waals surface area contributed by atoms with Crippen LogP contribution in [0.25, 0.3) is 0 Å². The number of aldehydes is 1. The molecule has 4 nitrogen and oxygen atoms in total. The van der Waals surface area contributed by atoms with Gasteiger partial charge in [-0.1, -0.05) is 0 Å². The van der Waals surface area contributed by atoms with E-state index in [1.165, 1.54) is 25.9 Å². The molecule has 0 atom stereocenters. The van der Waals surface area contributed by atoms with Crippen molar-refractivity contribution >= 4 is 12.1 Å². The highest BCUT2D eigenvalue weighted by molar-refractivity contribution is 6.01. The number of hydrogen-bond donors (Lipinski definition) is 1. The zero-order valence-electron chi connectivity index (χ0n) is 11.9. The Labute approximate surface area is 119 Å². The first-order valence-corrected chi connectivity index (χ1v) is 7.74. The van der Waals surface area contributed by atoms with Crippen molar-refractivity contribution in [3.8, 4) is 0 Å². The molecule has 1 aromatic heterocycles. The molecule has 1 aliphatic heterocycles. The van der Waals surface area contributed by atoms with Gasteiger partial charge in [-0.25, -0.2) is 0 Å². The number of H-pyrrole nitrogens is 1. The number of Topliss-reactive ketones (excluding diaryl/α,β-unsaturated/α-hetero) is 1. The number of rotatable bonds is 5. The van der Waals surface area contributed by atoms with E-state index in [0.717, 1.165) is 55.3 Å². The van der Waals surface area contributed by atoms with E-state index in [1.807, 2.05) is 0 Å². The third-order valence-electron chi connectivity index (χ3n) is 4.54. The van der Waals surface area contributed by atoms with Crippen molar-refractivity contribution in [2.24, 2.45) is 0 Å². The lowest BCUT2D eigenvalue weighted by Crippen LogP contribution is -2.21. The largest absolute Gasteiger partial charge is 0.355 e. The predicted molar refractivity (Wildman–Crippen MR) is 77.4 cm³/mol. The van der Waals surface area contributed by atoms with Crippen LogP contribution >= 0.6 is 0 Å². The third-order valence-corrected chi connectivity index (χ3v) is 4.54. The summed E-state index contributed by atoms with van der Waals surface area (Å²) in [4.78, 5) is 29.0. The molecule has 108 valence electrons. The van der Waals surface area contributed by atoms with Crippen LogP contribution in [0.3, 0.4) is 0 Å². The molecule has 0 unspecified atom stereocenters. The molecule has 1 fully saturated rings. The first-order valence-electron chi connectivity index (χ1n) is 7.74. The second kappa shape index (κ2) is 5.92. The van der Waals surface area contributed by atoms with Gasteiger partial charge < -0.3 is 9.88 Å². The Hall–Kier alpha value is -1.42. The van der Waals surface area contributed by atoms with Crippen LogP contribution in [-0.2, 0) is 12.8 Å². The van der Waals surface area contributed by atoms with E-state index in [1.54, 1.807) is 0 Å². The third kappa shape index (κ3) is 2.57. The number of nitrogens with zero attached hydrogens (tertiary/aromatic N) is 1. The lowest BCUT2D eigenvalue weighted by atomic mass is 9.91. The summed E-state index contributed by atoms with van der Waals surface area (Å²) in [5.41, 5.74) is 3.42. The lowest BCUT2D eigenvalue weighted by Gasteiger charge is -2.15. The fourth-order valence-corrected chi connectivity index (χ4v) is 3.54. The molecule has 2 aliphatic rings. The Kier molecular flexibility index (Phi) is 4.01. The number of ketones is 1. The maximum Gasteiger partial charge on any atom is 0.166 e. The number of likely N-dealkylation sites (tertiary alicyclic amines) is 1. The number of nitrogens with one attached hydrogen (secondary N) is 1. The molecule has 1 aromatic rings. The van der Waals surface area contributed by atoms with Crippen molar-refractivity contribution in [2.75, 3.05) is 19.6 Å². The standard InChI is InChI=1S/C16H22N2O2/c19-11-14-12(5-4-10-18-8-1-2-9-18)16-13(17-14)6-3-7-15(16)20/h11,17H,1-10H2. The van der Waals surface area contributed by atoms with Crippen LogP contribution in [0.4, 0.5) is 0 Å². The minimum atomic E-state index is 0.215. The average molecular weight is 274 g/mol. The van der Waals surface area contributed by atoms with Gasteiger partial charge in [-0.3, -0.25) is 9.59 Å². The molecule has 20 heavy (non-hydrogen) atoms. The number of fused-ring (bicyclic) bond motifs is 1. The SMILES string of the molecule is O=Cc1[nH]c2c(c1CCCN1CCCC1)C(=O)CCC2. The zero-order valence-corrected chi connectivity index (χ0v) is 11.9. The van der Waals surface area contributed by atoms with Gasteiger partial charge in [0.1, 0.15) is 0 Å². The van der Waals surface area contributed by atoms with Crippen molar-refractivity contribution in [2.45, 2.75) is 44.9 Å². The van der Waals surface area contributed by atoms with Gasteiger partial charge >= 0.3 is 0 Å². The van der Waals surface area contributed by atoms with Gasteiger partial charge in [0.25, 0.3) is 0 Å². The fraction of sp³-hybridized carbons (Fsp3) is 0.625. The van der Waals surface area contributed by atoms with Crippen LogP contribution in [0.5, 0.6) is 0 Å². The average Bonchev–Trinajstić information content (AvgIpc) is 3.07. The second-order valence-corrected chi connectivity index (χ2v) is 5.92. The fourth-order valence-electron chi connectivity index (χ4n) is 3.54. The zero-order chi connectivity index (χ0) is 13.9. The molecular formula is C16H22N2O2. The summed E-state index contributed by atoms with van der Waals surface area (Å²) in [5.74, 6) is 0.215. The summed E-state index contributed by atoms with van der Waals surface area (Å²) in [7, 11) is 0. The van der Waals surface area contributed by atoms with Crippen LogP contribution in [0.15, 0.2) is 0 Å². The molecule has 3 rings (SSSR count). The summed E-state index contributed by atoms with van der Waals surface area (Å²) in [5, 5.41) is 0. The van der Waals surface area contributed by atoms with E-state index in [0.29, 0.717) is 12.1 Å². The van der Waals surface area contributed by atoms with Gasteiger partial charge in [-0.05, 0) is 63.7 Å².